The molecule has 0 saturated carbocycles. The number of halogens is 1. The van der Waals surface area contributed by atoms with Crippen molar-refractivity contribution in [2.45, 2.75) is 39.2 Å². The summed E-state index contributed by atoms with van der Waals surface area (Å²) in [6, 6.07) is 4.21. The van der Waals surface area contributed by atoms with Crippen molar-refractivity contribution in [3.8, 4) is 0 Å². The van der Waals surface area contributed by atoms with Crippen molar-refractivity contribution in [1.82, 2.24) is 14.8 Å². The first kappa shape index (κ1) is 12.6. The van der Waals surface area contributed by atoms with Crippen molar-refractivity contribution in [3.63, 3.8) is 0 Å². The van der Waals surface area contributed by atoms with Crippen molar-refractivity contribution in [1.29, 1.82) is 0 Å². The van der Waals surface area contributed by atoms with Gasteiger partial charge in [-0.25, -0.2) is 0 Å². The Kier molecular flexibility index (Phi) is 3.54. The van der Waals surface area contributed by atoms with Crippen molar-refractivity contribution in [3.05, 3.63) is 33.5 Å². The molecule has 92 valence electrons. The van der Waals surface area contributed by atoms with Gasteiger partial charge in [-0.15, -0.1) is 21.5 Å². The van der Waals surface area contributed by atoms with Crippen LogP contribution in [0.3, 0.4) is 0 Å². The molecule has 5 heteroatoms. The summed E-state index contributed by atoms with van der Waals surface area (Å²) in [6.45, 7) is 7.19. The highest BCUT2D eigenvalue weighted by atomic mass is 35.5. The molecule has 0 atom stereocenters. The van der Waals surface area contributed by atoms with Crippen LogP contribution in [0.5, 0.6) is 0 Å². The third-order valence-electron chi connectivity index (χ3n) is 2.54. The Morgan fingerprint density at radius 1 is 1.35 bits per heavy atom. The lowest BCUT2D eigenvalue weighted by molar-refractivity contribution is 0.497. The lowest BCUT2D eigenvalue weighted by Crippen LogP contribution is -2.19. The maximum atomic E-state index is 6.08. The van der Waals surface area contributed by atoms with Gasteiger partial charge in [-0.05, 0) is 29.5 Å². The zero-order chi connectivity index (χ0) is 12.5. The standard InChI is InChI=1S/C12H16ClN3S/c1-12(2,3)10-14-15-11(13)16(10)7-6-9-5-4-8-17-9/h4-5,8H,6-7H2,1-3H3. The molecule has 17 heavy (non-hydrogen) atoms. The Bertz CT molecular complexity index is 482. The largest absolute Gasteiger partial charge is 0.301 e. The molecule has 0 N–H and O–H groups in total. The van der Waals surface area contributed by atoms with E-state index in [4.69, 9.17) is 11.6 Å². The summed E-state index contributed by atoms with van der Waals surface area (Å²) in [5, 5.41) is 10.7. The lowest BCUT2D eigenvalue weighted by Gasteiger charge is -2.18. The number of nitrogens with zero attached hydrogens (tertiary/aromatic N) is 3. The molecular formula is C12H16ClN3S. The zero-order valence-corrected chi connectivity index (χ0v) is 11.8. The van der Waals surface area contributed by atoms with Crippen LogP contribution in [0, 0.1) is 0 Å². The van der Waals surface area contributed by atoms with Gasteiger partial charge >= 0.3 is 0 Å². The van der Waals surface area contributed by atoms with Gasteiger partial charge in [0.05, 0.1) is 0 Å². The van der Waals surface area contributed by atoms with Gasteiger partial charge in [-0.1, -0.05) is 26.8 Å². The number of rotatable bonds is 3. The van der Waals surface area contributed by atoms with Crippen LogP contribution in [0.1, 0.15) is 31.5 Å². The van der Waals surface area contributed by atoms with E-state index in [0.29, 0.717) is 5.28 Å². The van der Waals surface area contributed by atoms with E-state index in [2.05, 4.69) is 48.5 Å². The Morgan fingerprint density at radius 3 is 2.71 bits per heavy atom. The number of aryl methyl sites for hydroxylation is 1. The summed E-state index contributed by atoms with van der Waals surface area (Å²) < 4.78 is 2.00. The number of hydrogen-bond donors (Lipinski definition) is 0. The fourth-order valence-corrected chi connectivity index (χ4v) is 2.61. The molecule has 0 bridgehead atoms. The van der Waals surface area contributed by atoms with Crippen LogP contribution >= 0.6 is 22.9 Å². The first-order valence-corrected chi connectivity index (χ1v) is 6.86. The van der Waals surface area contributed by atoms with Gasteiger partial charge in [-0.3, -0.25) is 0 Å². The lowest BCUT2D eigenvalue weighted by atomic mass is 9.96. The Hall–Kier alpha value is -0.870. The second kappa shape index (κ2) is 4.78. The van der Waals surface area contributed by atoms with Crippen molar-refractivity contribution in [2.75, 3.05) is 0 Å². The van der Waals surface area contributed by atoms with E-state index in [1.54, 1.807) is 11.3 Å². The minimum absolute atomic E-state index is 0.0322. The van der Waals surface area contributed by atoms with Crippen LogP contribution < -0.4 is 0 Å². The summed E-state index contributed by atoms with van der Waals surface area (Å²) in [5.41, 5.74) is -0.0322. The van der Waals surface area contributed by atoms with Gasteiger partial charge < -0.3 is 4.57 Å². The van der Waals surface area contributed by atoms with E-state index in [-0.39, 0.29) is 5.41 Å². The summed E-state index contributed by atoms with van der Waals surface area (Å²) in [7, 11) is 0. The maximum Gasteiger partial charge on any atom is 0.225 e. The molecule has 2 rings (SSSR count). The predicted octanol–water partition coefficient (Wildman–Crippen LogP) is 3.53. The van der Waals surface area contributed by atoms with Gasteiger partial charge in [-0.2, -0.15) is 0 Å². The van der Waals surface area contributed by atoms with Crippen LogP contribution in [0.15, 0.2) is 17.5 Å². The third kappa shape index (κ3) is 2.87. The number of hydrogen-bond acceptors (Lipinski definition) is 3. The van der Waals surface area contributed by atoms with Crippen LogP contribution in [0.25, 0.3) is 0 Å². The quantitative estimate of drug-likeness (QED) is 0.853. The zero-order valence-electron chi connectivity index (χ0n) is 10.3. The van der Waals surface area contributed by atoms with Crippen molar-refractivity contribution >= 4 is 22.9 Å². The maximum absolute atomic E-state index is 6.08. The Morgan fingerprint density at radius 2 is 2.12 bits per heavy atom. The number of aromatic nitrogens is 3. The van der Waals surface area contributed by atoms with Gasteiger partial charge in [0, 0.05) is 16.8 Å². The summed E-state index contributed by atoms with van der Waals surface area (Å²) in [6.07, 6.45) is 0.971. The Balaban J connectivity index is 2.18. The molecule has 0 radical (unpaired) electrons. The summed E-state index contributed by atoms with van der Waals surface area (Å²) >= 11 is 7.85. The van der Waals surface area contributed by atoms with Crippen LogP contribution in [0.4, 0.5) is 0 Å². The molecule has 0 fully saturated rings. The second-order valence-corrected chi connectivity index (χ2v) is 6.39. The van der Waals surface area contributed by atoms with Gasteiger partial charge in [0.1, 0.15) is 5.82 Å². The summed E-state index contributed by atoms with van der Waals surface area (Å²) in [5.74, 6) is 0.944. The van der Waals surface area contributed by atoms with E-state index in [1.165, 1.54) is 4.88 Å². The number of thiophene rings is 1. The van der Waals surface area contributed by atoms with Crippen LogP contribution in [0.2, 0.25) is 5.28 Å². The average Bonchev–Trinajstić information content (AvgIpc) is 2.83. The second-order valence-electron chi connectivity index (χ2n) is 5.02. The van der Waals surface area contributed by atoms with Gasteiger partial charge in [0.2, 0.25) is 5.28 Å². The van der Waals surface area contributed by atoms with Gasteiger partial charge in [0.25, 0.3) is 0 Å². The fraction of sp³-hybridized carbons (Fsp3) is 0.500. The van der Waals surface area contributed by atoms with E-state index in [9.17, 15) is 0 Å². The molecule has 0 saturated heterocycles. The third-order valence-corrected chi connectivity index (χ3v) is 3.75. The molecular weight excluding hydrogens is 254 g/mol. The molecule has 2 aromatic heterocycles. The van der Waals surface area contributed by atoms with E-state index in [0.717, 1.165) is 18.8 Å². The monoisotopic (exact) mass is 269 g/mol. The molecule has 0 aliphatic carbocycles. The molecule has 0 aromatic carbocycles. The highest BCUT2D eigenvalue weighted by Gasteiger charge is 2.23. The molecule has 0 aliphatic heterocycles. The predicted molar refractivity (Wildman–Crippen MR) is 71.8 cm³/mol. The topological polar surface area (TPSA) is 30.7 Å². The normalized spacial score (nSPS) is 12.0. The van der Waals surface area contributed by atoms with Crippen molar-refractivity contribution < 1.29 is 0 Å². The first-order valence-electron chi connectivity index (χ1n) is 5.60. The summed E-state index contributed by atoms with van der Waals surface area (Å²) in [4.78, 5) is 1.36. The van der Waals surface area contributed by atoms with E-state index < -0.39 is 0 Å². The Labute approximate surface area is 110 Å². The van der Waals surface area contributed by atoms with Gasteiger partial charge in [0.15, 0.2) is 0 Å². The molecule has 0 spiro atoms. The average molecular weight is 270 g/mol. The van der Waals surface area contributed by atoms with E-state index >= 15 is 0 Å². The first-order chi connectivity index (χ1) is 7.98. The fourth-order valence-electron chi connectivity index (χ4n) is 1.71. The highest BCUT2D eigenvalue weighted by molar-refractivity contribution is 7.09. The molecule has 0 aliphatic rings. The molecule has 3 nitrogen and oxygen atoms in total. The molecule has 0 unspecified atom stereocenters. The van der Waals surface area contributed by atoms with Crippen LogP contribution in [-0.4, -0.2) is 14.8 Å². The highest BCUT2D eigenvalue weighted by Crippen LogP contribution is 2.23. The molecule has 0 amide bonds. The van der Waals surface area contributed by atoms with Crippen LogP contribution in [-0.2, 0) is 18.4 Å². The van der Waals surface area contributed by atoms with Crippen molar-refractivity contribution in [2.24, 2.45) is 0 Å². The smallest absolute Gasteiger partial charge is 0.225 e. The molecule has 2 aromatic rings. The minimum atomic E-state index is -0.0322. The SMILES string of the molecule is CC(C)(C)c1nnc(Cl)n1CCc1cccs1. The molecule has 2 heterocycles. The minimum Gasteiger partial charge on any atom is -0.301 e. The van der Waals surface area contributed by atoms with E-state index in [1.807, 2.05) is 4.57 Å².